The Kier molecular flexibility index (Phi) is 5.69. The number of furan rings is 1. The number of hydrogen-bond acceptors (Lipinski definition) is 4. The van der Waals surface area contributed by atoms with Crippen LogP contribution < -0.4 is 10.2 Å². The number of aromatic nitrogens is 1. The van der Waals surface area contributed by atoms with E-state index in [1.807, 2.05) is 73.5 Å². The number of rotatable bonds is 5. The molecule has 0 spiro atoms. The fourth-order valence-corrected chi connectivity index (χ4v) is 4.01. The highest BCUT2D eigenvalue weighted by Crippen LogP contribution is 2.27. The number of nitrogens with zero attached hydrogens (tertiary/aromatic N) is 3. The van der Waals surface area contributed by atoms with E-state index in [9.17, 15) is 4.79 Å². The SMILES string of the molecule is CCN(C(=O)NC1CCN(c2ccccn2)CC1)[C@H](C)c1cc2ccccc2o1. The van der Waals surface area contributed by atoms with E-state index in [0.29, 0.717) is 6.54 Å². The van der Waals surface area contributed by atoms with E-state index < -0.39 is 0 Å². The van der Waals surface area contributed by atoms with Crippen molar-refractivity contribution in [3.05, 3.63) is 60.5 Å². The largest absolute Gasteiger partial charge is 0.459 e. The Bertz CT molecular complexity index is 915. The number of hydrogen-bond donors (Lipinski definition) is 1. The van der Waals surface area contributed by atoms with Gasteiger partial charge < -0.3 is 19.5 Å². The van der Waals surface area contributed by atoms with E-state index >= 15 is 0 Å². The van der Waals surface area contributed by atoms with Crippen LogP contribution in [0.15, 0.2) is 59.1 Å². The molecular weight excluding hydrogens is 364 g/mol. The zero-order valence-electron chi connectivity index (χ0n) is 17.0. The average molecular weight is 393 g/mol. The highest BCUT2D eigenvalue weighted by atomic mass is 16.3. The van der Waals surface area contributed by atoms with Gasteiger partial charge in [0.25, 0.3) is 0 Å². The molecule has 152 valence electrons. The molecule has 4 rings (SSSR count). The van der Waals surface area contributed by atoms with Crippen LogP contribution in [-0.4, -0.2) is 41.6 Å². The molecule has 1 aromatic carbocycles. The molecule has 0 bridgehead atoms. The first kappa shape index (κ1) is 19.3. The molecule has 6 nitrogen and oxygen atoms in total. The molecule has 6 heteroatoms. The molecule has 0 radical (unpaired) electrons. The first-order valence-corrected chi connectivity index (χ1v) is 10.4. The van der Waals surface area contributed by atoms with Gasteiger partial charge in [0.15, 0.2) is 0 Å². The van der Waals surface area contributed by atoms with Gasteiger partial charge in [0.2, 0.25) is 0 Å². The Labute approximate surface area is 171 Å². The van der Waals surface area contributed by atoms with Gasteiger partial charge in [-0.2, -0.15) is 0 Å². The van der Waals surface area contributed by atoms with Crippen molar-refractivity contribution in [2.24, 2.45) is 0 Å². The number of piperidine rings is 1. The van der Waals surface area contributed by atoms with E-state index in [-0.39, 0.29) is 18.1 Å². The smallest absolute Gasteiger partial charge is 0.318 e. The van der Waals surface area contributed by atoms with E-state index in [1.54, 1.807) is 0 Å². The summed E-state index contributed by atoms with van der Waals surface area (Å²) in [6.07, 6.45) is 3.65. The van der Waals surface area contributed by atoms with Gasteiger partial charge in [-0.15, -0.1) is 0 Å². The number of urea groups is 1. The summed E-state index contributed by atoms with van der Waals surface area (Å²) in [6, 6.07) is 16.0. The van der Waals surface area contributed by atoms with Crippen LogP contribution >= 0.6 is 0 Å². The van der Waals surface area contributed by atoms with Gasteiger partial charge >= 0.3 is 6.03 Å². The minimum atomic E-state index is -0.124. The maximum atomic E-state index is 13.0. The number of benzene rings is 1. The lowest BCUT2D eigenvalue weighted by molar-refractivity contribution is 0.170. The third-order valence-electron chi connectivity index (χ3n) is 5.72. The van der Waals surface area contributed by atoms with Crippen molar-refractivity contribution >= 4 is 22.8 Å². The van der Waals surface area contributed by atoms with Crippen LogP contribution in [-0.2, 0) is 0 Å². The molecular formula is C23H28N4O2. The van der Waals surface area contributed by atoms with E-state index in [4.69, 9.17) is 4.42 Å². The molecule has 1 N–H and O–H groups in total. The summed E-state index contributed by atoms with van der Waals surface area (Å²) < 4.78 is 5.98. The van der Waals surface area contributed by atoms with Crippen LogP contribution in [0.1, 0.15) is 38.5 Å². The zero-order valence-corrected chi connectivity index (χ0v) is 17.0. The molecule has 1 aliphatic rings. The Balaban J connectivity index is 1.36. The third kappa shape index (κ3) is 4.21. The Morgan fingerprint density at radius 1 is 1.24 bits per heavy atom. The summed E-state index contributed by atoms with van der Waals surface area (Å²) in [6.45, 7) is 6.43. The fourth-order valence-electron chi connectivity index (χ4n) is 4.01. The summed E-state index contributed by atoms with van der Waals surface area (Å²) >= 11 is 0. The predicted molar refractivity (Wildman–Crippen MR) is 115 cm³/mol. The number of para-hydroxylation sites is 1. The Morgan fingerprint density at radius 2 is 2.00 bits per heavy atom. The summed E-state index contributed by atoms with van der Waals surface area (Å²) in [5, 5.41) is 4.29. The zero-order chi connectivity index (χ0) is 20.2. The molecule has 1 atom stereocenters. The Morgan fingerprint density at radius 3 is 2.69 bits per heavy atom. The summed E-state index contributed by atoms with van der Waals surface area (Å²) in [4.78, 5) is 21.5. The highest BCUT2D eigenvalue weighted by Gasteiger charge is 2.27. The number of carbonyl (C=O) groups excluding carboxylic acids is 1. The monoisotopic (exact) mass is 392 g/mol. The fraction of sp³-hybridized carbons (Fsp3) is 0.391. The van der Waals surface area contributed by atoms with Crippen molar-refractivity contribution in [1.29, 1.82) is 0 Å². The van der Waals surface area contributed by atoms with Gasteiger partial charge in [-0.25, -0.2) is 9.78 Å². The molecule has 1 aliphatic heterocycles. The molecule has 0 unspecified atom stereocenters. The molecule has 1 fully saturated rings. The number of fused-ring (bicyclic) bond motifs is 1. The van der Waals surface area contributed by atoms with E-state index in [1.165, 1.54) is 0 Å². The summed E-state index contributed by atoms with van der Waals surface area (Å²) in [5.74, 6) is 1.82. The Hall–Kier alpha value is -3.02. The van der Waals surface area contributed by atoms with Gasteiger partial charge in [0, 0.05) is 37.3 Å². The quantitative estimate of drug-likeness (QED) is 0.690. The molecule has 0 aliphatic carbocycles. The van der Waals surface area contributed by atoms with Gasteiger partial charge in [-0.1, -0.05) is 24.3 Å². The molecule has 1 saturated heterocycles. The molecule has 3 aromatic rings. The third-order valence-corrected chi connectivity index (χ3v) is 5.72. The van der Waals surface area contributed by atoms with E-state index in [0.717, 1.165) is 48.5 Å². The molecule has 3 heterocycles. The van der Waals surface area contributed by atoms with Crippen molar-refractivity contribution in [3.63, 3.8) is 0 Å². The van der Waals surface area contributed by atoms with Crippen molar-refractivity contribution in [3.8, 4) is 0 Å². The maximum Gasteiger partial charge on any atom is 0.318 e. The van der Waals surface area contributed by atoms with Crippen LogP contribution in [0.3, 0.4) is 0 Å². The predicted octanol–water partition coefficient (Wildman–Crippen LogP) is 4.59. The van der Waals surface area contributed by atoms with Crippen molar-refractivity contribution in [2.75, 3.05) is 24.5 Å². The number of amides is 2. The standard InChI is InChI=1S/C23H28N4O2/c1-3-27(17(2)21-16-18-8-4-5-9-20(18)29-21)23(28)25-19-11-14-26(15-12-19)22-10-6-7-13-24-22/h4-10,13,16-17,19H,3,11-12,14-15H2,1-2H3,(H,25,28)/t17-/m1/s1. The summed E-state index contributed by atoms with van der Waals surface area (Å²) in [5.41, 5.74) is 0.854. The van der Waals surface area contributed by atoms with Crippen LogP contribution in [0.2, 0.25) is 0 Å². The number of nitrogens with one attached hydrogen (secondary N) is 1. The molecule has 2 aromatic heterocycles. The lowest BCUT2D eigenvalue weighted by atomic mass is 10.1. The lowest BCUT2D eigenvalue weighted by Gasteiger charge is -2.35. The van der Waals surface area contributed by atoms with Crippen molar-refractivity contribution < 1.29 is 9.21 Å². The van der Waals surface area contributed by atoms with Crippen molar-refractivity contribution in [1.82, 2.24) is 15.2 Å². The van der Waals surface area contributed by atoms with Crippen LogP contribution in [0.25, 0.3) is 11.0 Å². The van der Waals surface area contributed by atoms with Crippen LogP contribution in [0.5, 0.6) is 0 Å². The average Bonchev–Trinajstić information content (AvgIpc) is 3.20. The first-order valence-electron chi connectivity index (χ1n) is 10.4. The second-order valence-corrected chi connectivity index (χ2v) is 7.55. The molecule has 29 heavy (non-hydrogen) atoms. The highest BCUT2D eigenvalue weighted by molar-refractivity contribution is 5.78. The second-order valence-electron chi connectivity index (χ2n) is 7.55. The summed E-state index contributed by atoms with van der Waals surface area (Å²) in [7, 11) is 0. The number of pyridine rings is 1. The normalized spacial score (nSPS) is 16.0. The number of anilines is 1. The van der Waals surface area contributed by atoms with Crippen molar-refractivity contribution in [2.45, 2.75) is 38.8 Å². The number of carbonyl (C=O) groups is 1. The van der Waals surface area contributed by atoms with Gasteiger partial charge in [-0.05, 0) is 51.0 Å². The first-order chi connectivity index (χ1) is 14.2. The maximum absolute atomic E-state index is 13.0. The van der Waals surface area contributed by atoms with Gasteiger partial charge in [0.05, 0.1) is 6.04 Å². The van der Waals surface area contributed by atoms with Crippen LogP contribution in [0.4, 0.5) is 10.6 Å². The lowest BCUT2D eigenvalue weighted by Crippen LogP contribution is -2.49. The van der Waals surface area contributed by atoms with Gasteiger partial charge in [0.1, 0.15) is 17.2 Å². The molecule has 2 amide bonds. The minimum Gasteiger partial charge on any atom is -0.459 e. The second kappa shape index (κ2) is 8.55. The topological polar surface area (TPSA) is 61.6 Å². The molecule has 0 saturated carbocycles. The van der Waals surface area contributed by atoms with Gasteiger partial charge in [-0.3, -0.25) is 0 Å². The van der Waals surface area contributed by atoms with Crippen LogP contribution in [0, 0.1) is 0 Å². The van der Waals surface area contributed by atoms with E-state index in [2.05, 4.69) is 15.2 Å². The minimum absolute atomic E-state index is 0.0308.